The number of hydrogen-bond acceptors (Lipinski definition) is 5. The molecular weight excluding hydrogens is 282 g/mol. The van der Waals surface area contributed by atoms with Crippen LogP contribution in [-0.4, -0.2) is 64.8 Å². The van der Waals surface area contributed by atoms with Gasteiger partial charge in [-0.1, -0.05) is 5.16 Å². The third-order valence-corrected chi connectivity index (χ3v) is 5.27. The Morgan fingerprint density at radius 3 is 2.91 bits per heavy atom. The van der Waals surface area contributed by atoms with Crippen LogP contribution in [0.25, 0.3) is 0 Å². The Labute approximate surface area is 131 Å². The first kappa shape index (κ1) is 15.5. The monoisotopic (exact) mass is 307 g/mol. The van der Waals surface area contributed by atoms with Gasteiger partial charge in [-0.2, -0.15) is 0 Å². The molecule has 1 aromatic rings. The molecule has 0 aliphatic carbocycles. The quantitative estimate of drug-likeness (QED) is 0.907. The minimum absolute atomic E-state index is 0.0878. The highest BCUT2D eigenvalue weighted by molar-refractivity contribution is 5.92. The first-order chi connectivity index (χ1) is 10.4. The number of carbonyl (C=O) groups excluding carboxylic acids is 1. The maximum Gasteiger partial charge on any atom is 0.276 e. The molecule has 2 fully saturated rings. The normalized spacial score (nSPS) is 29.1. The zero-order valence-corrected chi connectivity index (χ0v) is 13.6. The van der Waals surface area contributed by atoms with Crippen LogP contribution in [0.1, 0.15) is 36.5 Å². The zero-order chi connectivity index (χ0) is 15.9. The summed E-state index contributed by atoms with van der Waals surface area (Å²) in [5, 5.41) is 13.9. The summed E-state index contributed by atoms with van der Waals surface area (Å²) in [5.41, 5.74) is 0.168. The maximum atomic E-state index is 12.6. The fourth-order valence-electron chi connectivity index (χ4n) is 3.87. The molecule has 2 saturated heterocycles. The number of aromatic nitrogens is 1. The summed E-state index contributed by atoms with van der Waals surface area (Å²) < 4.78 is 5.01. The van der Waals surface area contributed by atoms with Crippen molar-refractivity contribution in [2.45, 2.75) is 33.2 Å². The van der Waals surface area contributed by atoms with E-state index in [1.807, 2.05) is 4.90 Å². The number of aliphatic hydroxyl groups is 1. The molecule has 2 atom stereocenters. The first-order valence-corrected chi connectivity index (χ1v) is 8.03. The van der Waals surface area contributed by atoms with Gasteiger partial charge in [-0.15, -0.1) is 0 Å². The lowest BCUT2D eigenvalue weighted by atomic mass is 9.73. The van der Waals surface area contributed by atoms with Crippen molar-refractivity contribution in [2.75, 3.05) is 32.8 Å². The molecule has 22 heavy (non-hydrogen) atoms. The van der Waals surface area contributed by atoms with Crippen LogP contribution in [0.3, 0.4) is 0 Å². The fourth-order valence-corrected chi connectivity index (χ4v) is 3.87. The van der Waals surface area contributed by atoms with Crippen LogP contribution < -0.4 is 0 Å². The van der Waals surface area contributed by atoms with Crippen LogP contribution in [0.15, 0.2) is 10.6 Å². The first-order valence-electron chi connectivity index (χ1n) is 8.03. The van der Waals surface area contributed by atoms with Gasteiger partial charge in [-0.25, -0.2) is 0 Å². The van der Waals surface area contributed by atoms with Crippen LogP contribution >= 0.6 is 0 Å². The van der Waals surface area contributed by atoms with Gasteiger partial charge in [0.25, 0.3) is 5.91 Å². The average molecular weight is 307 g/mol. The van der Waals surface area contributed by atoms with E-state index in [-0.39, 0.29) is 17.9 Å². The second-order valence-corrected chi connectivity index (χ2v) is 7.08. The molecule has 0 radical (unpaired) electrons. The molecule has 1 N–H and O–H groups in total. The highest BCUT2D eigenvalue weighted by atomic mass is 16.5. The molecule has 1 aromatic heterocycles. The third kappa shape index (κ3) is 2.54. The molecule has 0 spiro atoms. The van der Waals surface area contributed by atoms with Crippen LogP contribution in [0.2, 0.25) is 0 Å². The number of aryl methyl sites for hydroxylation is 1. The molecule has 1 amide bonds. The minimum Gasteiger partial charge on any atom is -0.396 e. The lowest BCUT2D eigenvalue weighted by Gasteiger charge is -2.44. The van der Waals surface area contributed by atoms with Crippen molar-refractivity contribution in [3.05, 3.63) is 17.5 Å². The van der Waals surface area contributed by atoms with E-state index in [2.05, 4.69) is 23.9 Å². The lowest BCUT2D eigenvalue weighted by molar-refractivity contribution is -0.00105. The van der Waals surface area contributed by atoms with Crippen molar-refractivity contribution >= 4 is 5.91 Å². The van der Waals surface area contributed by atoms with Gasteiger partial charge >= 0.3 is 0 Å². The summed E-state index contributed by atoms with van der Waals surface area (Å²) >= 11 is 0. The van der Waals surface area contributed by atoms with E-state index < -0.39 is 0 Å². The van der Waals surface area contributed by atoms with Crippen molar-refractivity contribution in [2.24, 2.45) is 11.3 Å². The smallest absolute Gasteiger partial charge is 0.276 e. The number of amides is 1. The Balaban J connectivity index is 1.77. The zero-order valence-electron chi connectivity index (χ0n) is 13.6. The number of rotatable bonds is 3. The van der Waals surface area contributed by atoms with Gasteiger partial charge in [0.1, 0.15) is 5.76 Å². The summed E-state index contributed by atoms with van der Waals surface area (Å²) in [6.45, 7) is 9.47. The molecule has 0 unspecified atom stereocenters. The number of fused-ring (bicyclic) bond motifs is 1. The lowest BCUT2D eigenvalue weighted by Crippen LogP contribution is -2.52. The number of carbonyl (C=O) groups is 1. The Morgan fingerprint density at radius 1 is 1.55 bits per heavy atom. The Morgan fingerprint density at radius 2 is 2.32 bits per heavy atom. The second-order valence-electron chi connectivity index (χ2n) is 7.08. The van der Waals surface area contributed by atoms with E-state index in [1.54, 1.807) is 13.0 Å². The van der Waals surface area contributed by atoms with Gasteiger partial charge in [0.2, 0.25) is 0 Å². The summed E-state index contributed by atoms with van der Waals surface area (Å²) in [7, 11) is 0. The number of piperidine rings is 1. The van der Waals surface area contributed by atoms with Crippen LogP contribution in [-0.2, 0) is 0 Å². The van der Waals surface area contributed by atoms with E-state index in [9.17, 15) is 9.90 Å². The number of hydrogen-bond donors (Lipinski definition) is 1. The van der Waals surface area contributed by atoms with E-state index in [4.69, 9.17) is 4.52 Å². The predicted octanol–water partition coefficient (Wildman–Crippen LogP) is 1.15. The second kappa shape index (κ2) is 5.66. The van der Waals surface area contributed by atoms with E-state index >= 15 is 0 Å². The van der Waals surface area contributed by atoms with Crippen molar-refractivity contribution in [3.8, 4) is 0 Å². The summed E-state index contributed by atoms with van der Waals surface area (Å²) in [4.78, 5) is 16.8. The average Bonchev–Trinajstić information content (AvgIpc) is 3.09. The highest BCUT2D eigenvalue weighted by Crippen LogP contribution is 2.42. The van der Waals surface area contributed by atoms with Crippen molar-refractivity contribution in [3.63, 3.8) is 0 Å². The summed E-state index contributed by atoms with van der Waals surface area (Å²) in [6, 6.07) is 2.14. The summed E-state index contributed by atoms with van der Waals surface area (Å²) in [6.07, 6.45) is 1.03. The SMILES string of the molecule is Cc1cc(C(=O)N2C[C@H]3CCN(C(C)C)C[C@@]3(CO)C2)no1. The molecule has 6 heteroatoms. The van der Waals surface area contributed by atoms with Crippen LogP contribution in [0.5, 0.6) is 0 Å². The molecular formula is C16H25N3O3. The molecule has 122 valence electrons. The number of likely N-dealkylation sites (tertiary alicyclic amines) is 2. The van der Waals surface area contributed by atoms with Crippen molar-refractivity contribution in [1.82, 2.24) is 15.0 Å². The van der Waals surface area contributed by atoms with Gasteiger partial charge < -0.3 is 19.4 Å². The molecule has 0 saturated carbocycles. The van der Waals surface area contributed by atoms with Gasteiger partial charge in [-0.3, -0.25) is 4.79 Å². The minimum atomic E-state index is -0.197. The Hall–Kier alpha value is -1.40. The molecule has 3 rings (SSSR count). The van der Waals surface area contributed by atoms with Crippen LogP contribution in [0.4, 0.5) is 0 Å². The third-order valence-electron chi connectivity index (χ3n) is 5.27. The van der Waals surface area contributed by atoms with Gasteiger partial charge in [0, 0.05) is 37.2 Å². The molecule has 2 aliphatic rings. The standard InChI is InChI=1S/C16H25N3O3/c1-11(2)18-5-4-13-7-19(9-16(13,8-18)10-20)15(21)14-6-12(3)22-17-14/h6,11,13,20H,4-5,7-10H2,1-3H3/t13-,16+/m1/s1. The van der Waals surface area contributed by atoms with Crippen molar-refractivity contribution in [1.29, 1.82) is 0 Å². The molecule has 0 aromatic carbocycles. The van der Waals surface area contributed by atoms with Crippen LogP contribution in [0, 0.1) is 18.3 Å². The molecule has 2 aliphatic heterocycles. The Kier molecular flexibility index (Phi) is 3.99. The molecule has 3 heterocycles. The van der Waals surface area contributed by atoms with Gasteiger partial charge in [-0.05, 0) is 39.7 Å². The van der Waals surface area contributed by atoms with E-state index in [1.165, 1.54) is 0 Å². The topological polar surface area (TPSA) is 69.8 Å². The maximum absolute atomic E-state index is 12.6. The molecule has 6 nitrogen and oxygen atoms in total. The van der Waals surface area contributed by atoms with E-state index in [0.29, 0.717) is 36.5 Å². The highest BCUT2D eigenvalue weighted by Gasteiger charge is 2.51. The number of nitrogens with zero attached hydrogens (tertiary/aromatic N) is 3. The fraction of sp³-hybridized carbons (Fsp3) is 0.750. The van der Waals surface area contributed by atoms with Gasteiger partial charge in [0.05, 0.1) is 6.61 Å². The Bertz CT molecular complexity index is 557. The molecule has 0 bridgehead atoms. The summed E-state index contributed by atoms with van der Waals surface area (Å²) in [5.74, 6) is 0.919. The van der Waals surface area contributed by atoms with Gasteiger partial charge in [0.15, 0.2) is 5.69 Å². The predicted molar refractivity (Wildman–Crippen MR) is 81.5 cm³/mol. The largest absolute Gasteiger partial charge is 0.396 e. The number of aliphatic hydroxyl groups excluding tert-OH is 1. The van der Waals surface area contributed by atoms with E-state index in [0.717, 1.165) is 19.5 Å². The van der Waals surface area contributed by atoms with Crippen molar-refractivity contribution < 1.29 is 14.4 Å².